The molecule has 0 unspecified atom stereocenters. The Balaban J connectivity index is 2.57. The Kier molecular flexibility index (Phi) is 6.33. The molecular weight excluding hydrogens is 292 g/mol. The summed E-state index contributed by atoms with van der Waals surface area (Å²) in [5.74, 6) is -2.94. The third-order valence-corrected chi connectivity index (χ3v) is 3.01. The number of carboxylic acid groups (broad SMARTS) is 2. The Morgan fingerprint density at radius 3 is 2.18 bits per heavy atom. The Morgan fingerprint density at radius 1 is 1.09 bits per heavy atom. The number of aliphatic carboxylic acids is 2. The molecular formula is C14H18N2O6. The van der Waals surface area contributed by atoms with Crippen LogP contribution in [0.15, 0.2) is 24.3 Å². The van der Waals surface area contributed by atoms with Crippen molar-refractivity contribution in [1.82, 2.24) is 5.32 Å². The molecule has 0 saturated heterocycles. The molecule has 0 aromatic heterocycles. The monoisotopic (exact) mass is 310 g/mol. The van der Waals surface area contributed by atoms with Gasteiger partial charge < -0.3 is 26.4 Å². The average molecular weight is 310 g/mol. The highest BCUT2D eigenvalue weighted by atomic mass is 16.4. The number of amides is 1. The van der Waals surface area contributed by atoms with E-state index < -0.39 is 29.9 Å². The molecule has 0 aliphatic carbocycles. The van der Waals surface area contributed by atoms with E-state index in [0.29, 0.717) is 5.56 Å². The van der Waals surface area contributed by atoms with Crippen LogP contribution in [0.3, 0.4) is 0 Å². The van der Waals surface area contributed by atoms with Gasteiger partial charge in [0.1, 0.15) is 17.8 Å². The molecule has 2 atom stereocenters. The SMILES string of the molecule is N[C@@H](CCC(=O)N[C@@H](Cc1ccc(O)cc1)C(=O)O)C(=O)O. The molecule has 0 fully saturated rings. The molecule has 0 saturated carbocycles. The lowest BCUT2D eigenvalue weighted by atomic mass is 10.1. The number of carbonyl (C=O) groups is 3. The summed E-state index contributed by atoms with van der Waals surface area (Å²) in [6.07, 6.45) is -0.203. The summed E-state index contributed by atoms with van der Waals surface area (Å²) in [6.45, 7) is 0. The van der Waals surface area contributed by atoms with Crippen LogP contribution in [0.25, 0.3) is 0 Å². The van der Waals surface area contributed by atoms with E-state index >= 15 is 0 Å². The lowest BCUT2D eigenvalue weighted by molar-refractivity contribution is -0.142. The summed E-state index contributed by atoms with van der Waals surface area (Å²) < 4.78 is 0. The van der Waals surface area contributed by atoms with E-state index in [1.165, 1.54) is 12.1 Å². The first-order valence-corrected chi connectivity index (χ1v) is 6.58. The Hall–Kier alpha value is -2.61. The van der Waals surface area contributed by atoms with Crippen molar-refractivity contribution in [3.05, 3.63) is 29.8 Å². The van der Waals surface area contributed by atoms with Gasteiger partial charge in [0.2, 0.25) is 5.91 Å². The number of phenols is 1. The lowest BCUT2D eigenvalue weighted by Gasteiger charge is -2.15. The summed E-state index contributed by atoms with van der Waals surface area (Å²) in [5.41, 5.74) is 5.91. The van der Waals surface area contributed by atoms with Gasteiger partial charge in [0.25, 0.3) is 0 Å². The van der Waals surface area contributed by atoms with Crippen LogP contribution < -0.4 is 11.1 Å². The highest BCUT2D eigenvalue weighted by molar-refractivity contribution is 5.84. The number of hydrogen-bond acceptors (Lipinski definition) is 5. The van der Waals surface area contributed by atoms with Crippen LogP contribution in [0.4, 0.5) is 0 Å². The highest BCUT2D eigenvalue weighted by Crippen LogP contribution is 2.11. The molecule has 0 spiro atoms. The van der Waals surface area contributed by atoms with Gasteiger partial charge in [0.15, 0.2) is 0 Å². The first-order valence-electron chi connectivity index (χ1n) is 6.58. The molecule has 1 rings (SSSR count). The second-order valence-electron chi connectivity index (χ2n) is 4.81. The molecule has 1 amide bonds. The molecule has 1 aromatic rings. The van der Waals surface area contributed by atoms with Crippen LogP contribution in [-0.4, -0.2) is 45.2 Å². The van der Waals surface area contributed by atoms with Crippen molar-refractivity contribution in [2.45, 2.75) is 31.3 Å². The number of aromatic hydroxyl groups is 1. The second-order valence-corrected chi connectivity index (χ2v) is 4.81. The third kappa shape index (κ3) is 5.80. The third-order valence-electron chi connectivity index (χ3n) is 3.01. The summed E-state index contributed by atoms with van der Waals surface area (Å²) in [6, 6.07) is 3.64. The zero-order valence-corrected chi connectivity index (χ0v) is 11.7. The van der Waals surface area contributed by atoms with E-state index in [1.807, 2.05) is 0 Å². The van der Waals surface area contributed by atoms with E-state index in [1.54, 1.807) is 12.1 Å². The van der Waals surface area contributed by atoms with Crippen LogP contribution in [0.5, 0.6) is 5.75 Å². The fourth-order valence-electron chi connectivity index (χ4n) is 1.74. The number of carboxylic acids is 2. The summed E-state index contributed by atoms with van der Waals surface area (Å²) >= 11 is 0. The second kappa shape index (κ2) is 7.99. The van der Waals surface area contributed by atoms with Crippen LogP contribution in [0.1, 0.15) is 18.4 Å². The van der Waals surface area contributed by atoms with Crippen molar-refractivity contribution in [2.24, 2.45) is 5.73 Å². The first kappa shape index (κ1) is 17.4. The van der Waals surface area contributed by atoms with E-state index in [9.17, 15) is 14.4 Å². The number of benzene rings is 1. The van der Waals surface area contributed by atoms with E-state index in [0.717, 1.165) is 0 Å². The number of carbonyl (C=O) groups excluding carboxylic acids is 1. The van der Waals surface area contributed by atoms with Gasteiger partial charge in [-0.25, -0.2) is 4.79 Å². The number of nitrogens with one attached hydrogen (secondary N) is 1. The van der Waals surface area contributed by atoms with Gasteiger partial charge >= 0.3 is 11.9 Å². The fraction of sp³-hybridized carbons (Fsp3) is 0.357. The largest absolute Gasteiger partial charge is 0.508 e. The maximum absolute atomic E-state index is 11.7. The highest BCUT2D eigenvalue weighted by Gasteiger charge is 2.21. The van der Waals surface area contributed by atoms with E-state index in [4.69, 9.17) is 21.1 Å². The normalized spacial score (nSPS) is 13.1. The van der Waals surface area contributed by atoms with Crippen molar-refractivity contribution in [3.8, 4) is 5.75 Å². The molecule has 1 aromatic carbocycles. The minimum atomic E-state index is -1.22. The van der Waals surface area contributed by atoms with Crippen molar-refractivity contribution < 1.29 is 29.7 Å². The number of hydrogen-bond donors (Lipinski definition) is 5. The maximum atomic E-state index is 11.7. The topological polar surface area (TPSA) is 150 Å². The van der Waals surface area contributed by atoms with Crippen LogP contribution in [-0.2, 0) is 20.8 Å². The average Bonchev–Trinajstić information content (AvgIpc) is 2.46. The Morgan fingerprint density at radius 2 is 1.68 bits per heavy atom. The fourth-order valence-corrected chi connectivity index (χ4v) is 1.74. The molecule has 120 valence electrons. The zero-order chi connectivity index (χ0) is 16.7. The summed E-state index contributed by atoms with van der Waals surface area (Å²) in [4.78, 5) is 33.4. The predicted octanol–water partition coefficient (Wildman–Crippen LogP) is -0.304. The molecule has 6 N–H and O–H groups in total. The molecule has 22 heavy (non-hydrogen) atoms. The van der Waals surface area contributed by atoms with Crippen LogP contribution >= 0.6 is 0 Å². The Labute approximate surface area is 126 Å². The van der Waals surface area contributed by atoms with Gasteiger partial charge in [-0.2, -0.15) is 0 Å². The Bertz CT molecular complexity index is 543. The van der Waals surface area contributed by atoms with Crippen molar-refractivity contribution in [2.75, 3.05) is 0 Å². The van der Waals surface area contributed by atoms with Gasteiger partial charge in [-0.1, -0.05) is 12.1 Å². The number of nitrogens with two attached hydrogens (primary N) is 1. The standard InChI is InChI=1S/C14H18N2O6/c15-10(13(19)20)5-6-12(18)16-11(14(21)22)7-8-1-3-9(17)4-2-8/h1-4,10-11,17H,5-7,15H2,(H,16,18)(H,19,20)(H,21,22)/t10-,11-/m0/s1. The molecule has 8 nitrogen and oxygen atoms in total. The quantitative estimate of drug-likeness (QED) is 0.442. The molecule has 0 aliphatic rings. The first-order chi connectivity index (χ1) is 10.3. The molecule has 0 bridgehead atoms. The van der Waals surface area contributed by atoms with Crippen LogP contribution in [0, 0.1) is 0 Å². The molecule has 0 radical (unpaired) electrons. The van der Waals surface area contributed by atoms with Crippen molar-refractivity contribution >= 4 is 17.8 Å². The minimum Gasteiger partial charge on any atom is -0.508 e. The molecule has 0 heterocycles. The van der Waals surface area contributed by atoms with Gasteiger partial charge in [-0.3, -0.25) is 9.59 Å². The minimum absolute atomic E-state index is 0.0480. The number of phenolic OH excluding ortho intramolecular Hbond substituents is 1. The van der Waals surface area contributed by atoms with Gasteiger partial charge in [0.05, 0.1) is 0 Å². The van der Waals surface area contributed by atoms with Crippen molar-refractivity contribution in [3.63, 3.8) is 0 Å². The van der Waals surface area contributed by atoms with Crippen molar-refractivity contribution in [1.29, 1.82) is 0 Å². The van der Waals surface area contributed by atoms with Gasteiger partial charge in [-0.15, -0.1) is 0 Å². The van der Waals surface area contributed by atoms with Crippen LogP contribution in [0.2, 0.25) is 0 Å². The van der Waals surface area contributed by atoms with E-state index in [-0.39, 0.29) is 25.0 Å². The van der Waals surface area contributed by atoms with Gasteiger partial charge in [0, 0.05) is 12.8 Å². The smallest absolute Gasteiger partial charge is 0.326 e. The lowest BCUT2D eigenvalue weighted by Crippen LogP contribution is -2.43. The zero-order valence-electron chi connectivity index (χ0n) is 11.7. The van der Waals surface area contributed by atoms with E-state index in [2.05, 4.69) is 5.32 Å². The molecule has 0 aliphatic heterocycles. The summed E-state index contributed by atoms with van der Waals surface area (Å²) in [5, 5.41) is 29.2. The number of rotatable bonds is 8. The predicted molar refractivity (Wildman–Crippen MR) is 76.2 cm³/mol. The molecule has 8 heteroatoms. The maximum Gasteiger partial charge on any atom is 0.326 e. The summed E-state index contributed by atoms with van der Waals surface area (Å²) in [7, 11) is 0. The van der Waals surface area contributed by atoms with Gasteiger partial charge in [-0.05, 0) is 24.1 Å².